The third kappa shape index (κ3) is 4.68. The number of rotatable bonds is 6. The molecule has 90 valence electrons. The van der Waals surface area contributed by atoms with E-state index in [1.54, 1.807) is 11.9 Å². The van der Waals surface area contributed by atoms with Crippen molar-refractivity contribution in [1.29, 1.82) is 0 Å². The van der Waals surface area contributed by atoms with E-state index >= 15 is 0 Å². The molecule has 0 aliphatic rings. The summed E-state index contributed by atoms with van der Waals surface area (Å²) in [5.74, 6) is 0. The van der Waals surface area contributed by atoms with Gasteiger partial charge in [0.15, 0.2) is 0 Å². The number of nitrogens with zero attached hydrogens (tertiary/aromatic N) is 1. The SMILES string of the molecule is CNCc1cccc(CN(C)CC(F)F)c1. The van der Waals surface area contributed by atoms with Gasteiger partial charge < -0.3 is 5.32 Å². The van der Waals surface area contributed by atoms with Crippen LogP contribution in [0.2, 0.25) is 0 Å². The number of hydrogen-bond donors (Lipinski definition) is 1. The molecule has 1 rings (SSSR count). The molecule has 0 unspecified atom stereocenters. The largest absolute Gasteiger partial charge is 0.316 e. The van der Waals surface area contributed by atoms with E-state index in [0.29, 0.717) is 6.54 Å². The Labute approximate surface area is 95.3 Å². The van der Waals surface area contributed by atoms with Crippen LogP contribution in [0.1, 0.15) is 11.1 Å². The van der Waals surface area contributed by atoms with Crippen LogP contribution in [0.15, 0.2) is 24.3 Å². The first-order chi connectivity index (χ1) is 7.61. The van der Waals surface area contributed by atoms with Crippen LogP contribution in [0.25, 0.3) is 0 Å². The lowest BCUT2D eigenvalue weighted by atomic mass is 10.1. The first-order valence-electron chi connectivity index (χ1n) is 5.31. The number of hydrogen-bond acceptors (Lipinski definition) is 2. The summed E-state index contributed by atoms with van der Waals surface area (Å²) in [6.45, 7) is 1.17. The molecule has 0 heterocycles. The zero-order chi connectivity index (χ0) is 12.0. The van der Waals surface area contributed by atoms with Crippen LogP contribution in [0.3, 0.4) is 0 Å². The molecular weight excluding hydrogens is 210 g/mol. The van der Waals surface area contributed by atoms with Gasteiger partial charge >= 0.3 is 0 Å². The second-order valence-corrected chi connectivity index (χ2v) is 3.94. The Balaban J connectivity index is 2.55. The second kappa shape index (κ2) is 6.55. The topological polar surface area (TPSA) is 15.3 Å². The normalized spacial score (nSPS) is 11.4. The number of halogens is 2. The fourth-order valence-corrected chi connectivity index (χ4v) is 1.65. The van der Waals surface area contributed by atoms with Gasteiger partial charge in [-0.2, -0.15) is 0 Å². The molecule has 0 fully saturated rings. The minimum atomic E-state index is -2.27. The second-order valence-electron chi connectivity index (χ2n) is 3.94. The summed E-state index contributed by atoms with van der Waals surface area (Å²) >= 11 is 0. The number of alkyl halides is 2. The molecule has 0 aliphatic heterocycles. The van der Waals surface area contributed by atoms with Crippen molar-refractivity contribution in [2.24, 2.45) is 0 Å². The summed E-state index contributed by atoms with van der Waals surface area (Å²) in [5, 5.41) is 3.06. The van der Waals surface area contributed by atoms with E-state index in [2.05, 4.69) is 5.32 Å². The highest BCUT2D eigenvalue weighted by Gasteiger charge is 2.08. The summed E-state index contributed by atoms with van der Waals surface area (Å²) in [6.07, 6.45) is -2.27. The summed E-state index contributed by atoms with van der Waals surface area (Å²) in [4.78, 5) is 1.63. The predicted molar refractivity (Wildman–Crippen MR) is 61.5 cm³/mol. The van der Waals surface area contributed by atoms with E-state index in [4.69, 9.17) is 0 Å². The zero-order valence-corrected chi connectivity index (χ0v) is 9.71. The van der Waals surface area contributed by atoms with Crippen LogP contribution in [0, 0.1) is 0 Å². The molecule has 0 radical (unpaired) electrons. The highest BCUT2D eigenvalue weighted by Crippen LogP contribution is 2.08. The van der Waals surface area contributed by atoms with Gasteiger partial charge in [0.25, 0.3) is 6.43 Å². The lowest BCUT2D eigenvalue weighted by Gasteiger charge is -2.16. The highest BCUT2D eigenvalue weighted by atomic mass is 19.3. The average Bonchev–Trinajstić information content (AvgIpc) is 2.17. The fraction of sp³-hybridized carbons (Fsp3) is 0.500. The van der Waals surface area contributed by atoms with E-state index in [-0.39, 0.29) is 6.54 Å². The van der Waals surface area contributed by atoms with E-state index < -0.39 is 6.43 Å². The summed E-state index contributed by atoms with van der Waals surface area (Å²) in [5.41, 5.74) is 2.24. The van der Waals surface area contributed by atoms with Crippen LogP contribution in [0.5, 0.6) is 0 Å². The molecule has 1 N–H and O–H groups in total. The van der Waals surface area contributed by atoms with Gasteiger partial charge in [-0.05, 0) is 25.2 Å². The molecule has 0 aromatic heterocycles. The van der Waals surface area contributed by atoms with Crippen LogP contribution < -0.4 is 5.32 Å². The lowest BCUT2D eigenvalue weighted by Crippen LogP contribution is -2.24. The Kier molecular flexibility index (Phi) is 5.35. The lowest BCUT2D eigenvalue weighted by molar-refractivity contribution is 0.0975. The molecule has 0 bridgehead atoms. The van der Waals surface area contributed by atoms with Crippen LogP contribution in [-0.2, 0) is 13.1 Å². The Morgan fingerprint density at radius 2 is 2.00 bits per heavy atom. The van der Waals surface area contributed by atoms with Gasteiger partial charge in [0.05, 0.1) is 6.54 Å². The quantitative estimate of drug-likeness (QED) is 0.802. The molecule has 4 heteroatoms. The minimum absolute atomic E-state index is 0.184. The molecule has 0 atom stereocenters. The Hall–Kier alpha value is -1.00. The maximum absolute atomic E-state index is 12.1. The van der Waals surface area contributed by atoms with Crippen molar-refractivity contribution in [3.63, 3.8) is 0 Å². The number of benzene rings is 1. The monoisotopic (exact) mass is 228 g/mol. The van der Waals surface area contributed by atoms with Gasteiger partial charge in [-0.15, -0.1) is 0 Å². The van der Waals surface area contributed by atoms with Crippen molar-refractivity contribution in [2.75, 3.05) is 20.6 Å². The van der Waals surface area contributed by atoms with Crippen LogP contribution in [-0.4, -0.2) is 32.0 Å². The van der Waals surface area contributed by atoms with Crippen molar-refractivity contribution < 1.29 is 8.78 Å². The third-order valence-electron chi connectivity index (χ3n) is 2.27. The Morgan fingerprint density at radius 1 is 1.31 bits per heavy atom. The number of nitrogens with one attached hydrogen (secondary N) is 1. The standard InChI is InChI=1S/C12H18F2N2/c1-15-7-10-4-3-5-11(6-10)8-16(2)9-12(13)14/h3-6,12,15H,7-9H2,1-2H3. The Bertz CT molecular complexity index is 316. The molecule has 0 saturated heterocycles. The van der Waals surface area contributed by atoms with Gasteiger partial charge in [0.2, 0.25) is 0 Å². The van der Waals surface area contributed by atoms with Crippen LogP contribution in [0.4, 0.5) is 8.78 Å². The zero-order valence-electron chi connectivity index (χ0n) is 9.71. The fourth-order valence-electron chi connectivity index (χ4n) is 1.65. The van der Waals surface area contributed by atoms with Crippen molar-refractivity contribution in [3.8, 4) is 0 Å². The molecule has 1 aromatic rings. The van der Waals surface area contributed by atoms with Crippen molar-refractivity contribution in [2.45, 2.75) is 19.5 Å². The molecular formula is C12H18F2N2. The predicted octanol–water partition coefficient (Wildman–Crippen LogP) is 2.10. The van der Waals surface area contributed by atoms with Crippen molar-refractivity contribution >= 4 is 0 Å². The summed E-state index contributed by atoms with van der Waals surface area (Å²) in [6, 6.07) is 7.98. The van der Waals surface area contributed by atoms with Gasteiger partial charge in [-0.3, -0.25) is 4.90 Å². The molecule has 0 aliphatic carbocycles. The summed E-state index contributed by atoms with van der Waals surface area (Å²) < 4.78 is 24.3. The first-order valence-corrected chi connectivity index (χ1v) is 5.31. The van der Waals surface area contributed by atoms with Crippen molar-refractivity contribution in [1.82, 2.24) is 10.2 Å². The van der Waals surface area contributed by atoms with E-state index in [1.807, 2.05) is 31.3 Å². The Morgan fingerprint density at radius 3 is 2.62 bits per heavy atom. The smallest absolute Gasteiger partial charge is 0.251 e. The van der Waals surface area contributed by atoms with E-state index in [0.717, 1.165) is 12.1 Å². The molecule has 16 heavy (non-hydrogen) atoms. The molecule has 0 saturated carbocycles. The molecule has 1 aromatic carbocycles. The maximum atomic E-state index is 12.1. The van der Waals surface area contributed by atoms with Gasteiger partial charge in [0, 0.05) is 13.1 Å². The van der Waals surface area contributed by atoms with Gasteiger partial charge in [0.1, 0.15) is 0 Å². The maximum Gasteiger partial charge on any atom is 0.251 e. The van der Waals surface area contributed by atoms with Gasteiger partial charge in [-0.25, -0.2) is 8.78 Å². The molecule has 0 amide bonds. The highest BCUT2D eigenvalue weighted by molar-refractivity contribution is 5.23. The van der Waals surface area contributed by atoms with E-state index in [9.17, 15) is 8.78 Å². The molecule has 2 nitrogen and oxygen atoms in total. The third-order valence-corrected chi connectivity index (χ3v) is 2.27. The first kappa shape index (κ1) is 13.1. The molecule has 0 spiro atoms. The minimum Gasteiger partial charge on any atom is -0.316 e. The summed E-state index contributed by atoms with van der Waals surface area (Å²) in [7, 11) is 3.59. The van der Waals surface area contributed by atoms with E-state index in [1.165, 1.54) is 5.56 Å². The van der Waals surface area contributed by atoms with Crippen LogP contribution >= 0.6 is 0 Å². The van der Waals surface area contributed by atoms with Crippen molar-refractivity contribution in [3.05, 3.63) is 35.4 Å². The van der Waals surface area contributed by atoms with Gasteiger partial charge in [-0.1, -0.05) is 24.3 Å². The average molecular weight is 228 g/mol.